The van der Waals surface area contributed by atoms with Gasteiger partial charge in [-0.25, -0.2) is 25.9 Å². The Labute approximate surface area is 154 Å². The number of rotatable bonds is 6. The summed E-state index contributed by atoms with van der Waals surface area (Å²) in [6.07, 6.45) is 5.91. The zero-order valence-corrected chi connectivity index (χ0v) is 16.4. The monoisotopic (exact) mass is 414 g/mol. The second-order valence-electron chi connectivity index (χ2n) is 6.23. The SMILES string of the molecule is CS(=O)(=O)c1ccc(S(=O)(=O)NC(CN)C2CCCCC2)cc1F.Cl. The maximum absolute atomic E-state index is 14.0. The van der Waals surface area contributed by atoms with Crippen LogP contribution in [0.2, 0.25) is 0 Å². The number of hydrogen-bond acceptors (Lipinski definition) is 5. The highest BCUT2D eigenvalue weighted by atomic mass is 35.5. The zero-order chi connectivity index (χ0) is 18.0. The summed E-state index contributed by atoms with van der Waals surface area (Å²) in [6.45, 7) is 0.161. The summed E-state index contributed by atoms with van der Waals surface area (Å²) in [4.78, 5) is -0.828. The molecule has 0 aliphatic heterocycles. The van der Waals surface area contributed by atoms with Crippen molar-refractivity contribution in [3.05, 3.63) is 24.0 Å². The van der Waals surface area contributed by atoms with Gasteiger partial charge in [-0.2, -0.15) is 0 Å². The van der Waals surface area contributed by atoms with Crippen molar-refractivity contribution in [3.63, 3.8) is 0 Å². The number of hydrogen-bond donors (Lipinski definition) is 2. The first-order valence-corrected chi connectivity index (χ1v) is 11.2. The number of sulfonamides is 1. The van der Waals surface area contributed by atoms with Crippen molar-refractivity contribution in [3.8, 4) is 0 Å². The van der Waals surface area contributed by atoms with Crippen molar-refractivity contribution in [2.45, 2.75) is 47.9 Å². The fourth-order valence-corrected chi connectivity index (χ4v) is 5.15. The Hall–Kier alpha value is -0.740. The van der Waals surface area contributed by atoms with Crippen LogP contribution in [-0.4, -0.2) is 35.7 Å². The van der Waals surface area contributed by atoms with E-state index in [0.717, 1.165) is 56.6 Å². The van der Waals surface area contributed by atoms with Crippen LogP contribution in [0.5, 0.6) is 0 Å². The molecule has 10 heteroatoms. The van der Waals surface area contributed by atoms with E-state index in [9.17, 15) is 21.2 Å². The molecule has 0 bridgehead atoms. The minimum atomic E-state index is -3.97. The van der Waals surface area contributed by atoms with Gasteiger partial charge in [-0.05, 0) is 37.0 Å². The van der Waals surface area contributed by atoms with Gasteiger partial charge in [0.15, 0.2) is 9.84 Å². The van der Waals surface area contributed by atoms with Gasteiger partial charge >= 0.3 is 0 Å². The van der Waals surface area contributed by atoms with E-state index >= 15 is 0 Å². The smallest absolute Gasteiger partial charge is 0.240 e. The van der Waals surface area contributed by atoms with E-state index in [0.29, 0.717) is 0 Å². The van der Waals surface area contributed by atoms with Gasteiger partial charge in [0, 0.05) is 18.8 Å². The van der Waals surface area contributed by atoms with Crippen LogP contribution in [0.25, 0.3) is 0 Å². The van der Waals surface area contributed by atoms with Crippen LogP contribution in [0.15, 0.2) is 28.0 Å². The highest BCUT2D eigenvalue weighted by Crippen LogP contribution is 2.27. The minimum absolute atomic E-state index is 0. The number of nitrogens with one attached hydrogen (secondary N) is 1. The van der Waals surface area contributed by atoms with Crippen LogP contribution >= 0.6 is 12.4 Å². The normalized spacial score (nSPS) is 17.7. The Morgan fingerprint density at radius 3 is 2.28 bits per heavy atom. The minimum Gasteiger partial charge on any atom is -0.329 e. The van der Waals surface area contributed by atoms with Crippen LogP contribution < -0.4 is 10.5 Å². The number of nitrogens with two attached hydrogens (primary N) is 1. The molecule has 1 saturated carbocycles. The van der Waals surface area contributed by atoms with Gasteiger partial charge in [0.05, 0.1) is 4.90 Å². The second-order valence-corrected chi connectivity index (χ2v) is 9.92. The number of sulfone groups is 1. The topological polar surface area (TPSA) is 106 Å². The van der Waals surface area contributed by atoms with Crippen LogP contribution in [0.4, 0.5) is 4.39 Å². The third-order valence-corrected chi connectivity index (χ3v) is 7.01. The van der Waals surface area contributed by atoms with E-state index in [1.54, 1.807) is 0 Å². The molecule has 1 aliphatic carbocycles. The molecule has 144 valence electrons. The fraction of sp³-hybridized carbons (Fsp3) is 0.600. The van der Waals surface area contributed by atoms with Gasteiger partial charge in [0.2, 0.25) is 10.0 Å². The Morgan fingerprint density at radius 2 is 1.80 bits per heavy atom. The van der Waals surface area contributed by atoms with Gasteiger partial charge in [-0.15, -0.1) is 12.4 Å². The van der Waals surface area contributed by atoms with Crippen LogP contribution in [0.1, 0.15) is 32.1 Å². The summed E-state index contributed by atoms with van der Waals surface area (Å²) in [5, 5.41) is 0. The van der Waals surface area contributed by atoms with Gasteiger partial charge in [-0.3, -0.25) is 0 Å². The molecule has 1 aromatic rings. The third-order valence-electron chi connectivity index (χ3n) is 4.39. The maximum Gasteiger partial charge on any atom is 0.240 e. The molecule has 0 saturated heterocycles. The fourth-order valence-electron chi connectivity index (χ4n) is 3.09. The molecule has 3 N–H and O–H groups in total. The lowest BCUT2D eigenvalue weighted by Crippen LogP contribution is -2.45. The van der Waals surface area contributed by atoms with E-state index in [2.05, 4.69) is 4.72 Å². The highest BCUT2D eigenvalue weighted by Gasteiger charge is 2.28. The summed E-state index contributed by atoms with van der Waals surface area (Å²) < 4.78 is 64.3. The highest BCUT2D eigenvalue weighted by molar-refractivity contribution is 7.90. The van der Waals surface area contributed by atoms with Gasteiger partial charge in [0.1, 0.15) is 10.7 Å². The molecule has 0 radical (unpaired) electrons. The summed E-state index contributed by atoms with van der Waals surface area (Å²) in [5.41, 5.74) is 5.72. The molecule has 0 aromatic heterocycles. The number of benzene rings is 1. The predicted molar refractivity (Wildman–Crippen MR) is 96.5 cm³/mol. The molecular formula is C15H24ClFN2O4S2. The van der Waals surface area contributed by atoms with E-state index in [-0.39, 0.29) is 29.8 Å². The average Bonchev–Trinajstić information content (AvgIpc) is 2.52. The second kappa shape index (κ2) is 8.77. The Kier molecular flexibility index (Phi) is 7.82. The van der Waals surface area contributed by atoms with Crippen molar-refractivity contribution in [1.29, 1.82) is 0 Å². The molecule has 25 heavy (non-hydrogen) atoms. The summed E-state index contributed by atoms with van der Waals surface area (Å²) in [5.74, 6) is -0.916. The molecule has 1 aromatic carbocycles. The van der Waals surface area contributed by atoms with Crippen molar-refractivity contribution in [2.75, 3.05) is 12.8 Å². The van der Waals surface area contributed by atoms with Gasteiger partial charge in [0.25, 0.3) is 0 Å². The molecule has 1 fully saturated rings. The van der Waals surface area contributed by atoms with Crippen LogP contribution in [0, 0.1) is 11.7 Å². The Balaban J connectivity index is 0.00000312. The van der Waals surface area contributed by atoms with E-state index in [1.165, 1.54) is 0 Å². The molecule has 0 heterocycles. The molecule has 0 amide bonds. The quantitative estimate of drug-likeness (QED) is 0.738. The molecular weight excluding hydrogens is 391 g/mol. The maximum atomic E-state index is 14.0. The van der Waals surface area contributed by atoms with Crippen molar-refractivity contribution in [2.24, 2.45) is 11.7 Å². The van der Waals surface area contributed by atoms with Crippen molar-refractivity contribution in [1.82, 2.24) is 4.72 Å². The van der Waals surface area contributed by atoms with E-state index < -0.39 is 36.6 Å². The molecule has 6 nitrogen and oxygen atoms in total. The molecule has 2 rings (SSSR count). The lowest BCUT2D eigenvalue weighted by atomic mass is 9.84. The lowest BCUT2D eigenvalue weighted by molar-refractivity contribution is 0.294. The first-order valence-electron chi connectivity index (χ1n) is 7.87. The first-order chi connectivity index (χ1) is 11.1. The first kappa shape index (κ1) is 22.3. The Bertz CT molecular complexity index is 794. The third kappa shape index (κ3) is 5.62. The molecule has 1 unspecified atom stereocenters. The van der Waals surface area contributed by atoms with E-state index in [4.69, 9.17) is 5.73 Å². The molecule has 1 atom stereocenters. The predicted octanol–water partition coefficient (Wildman–Crippen LogP) is 1.84. The summed E-state index contributed by atoms with van der Waals surface area (Å²) in [7, 11) is -7.72. The van der Waals surface area contributed by atoms with Gasteiger partial charge < -0.3 is 5.73 Å². The molecule has 1 aliphatic rings. The van der Waals surface area contributed by atoms with Crippen LogP contribution in [-0.2, 0) is 19.9 Å². The summed E-state index contributed by atoms with van der Waals surface area (Å²) >= 11 is 0. The van der Waals surface area contributed by atoms with Crippen LogP contribution in [0.3, 0.4) is 0 Å². The zero-order valence-electron chi connectivity index (χ0n) is 13.9. The van der Waals surface area contributed by atoms with E-state index in [1.807, 2.05) is 0 Å². The average molecular weight is 415 g/mol. The lowest BCUT2D eigenvalue weighted by Gasteiger charge is -2.29. The summed E-state index contributed by atoms with van der Waals surface area (Å²) in [6, 6.07) is 2.38. The Morgan fingerprint density at radius 1 is 1.20 bits per heavy atom. The van der Waals surface area contributed by atoms with Gasteiger partial charge in [-0.1, -0.05) is 19.3 Å². The standard InChI is InChI=1S/C15H23FN2O4S2.ClH/c1-23(19,20)15-8-7-12(9-13(15)16)24(21,22)18-14(10-17)11-5-3-2-4-6-11;/h7-9,11,14,18H,2-6,10,17H2,1H3;1H. The van der Waals surface area contributed by atoms with Crippen molar-refractivity contribution >= 4 is 32.3 Å². The number of halogens is 2. The largest absolute Gasteiger partial charge is 0.329 e. The van der Waals surface area contributed by atoms with Crippen molar-refractivity contribution < 1.29 is 21.2 Å². The molecule has 0 spiro atoms.